The quantitative estimate of drug-likeness (QED) is 0.831. The largest absolute Gasteiger partial charge is 0.459 e. The van der Waals surface area contributed by atoms with E-state index in [1.165, 1.54) is 0 Å². The summed E-state index contributed by atoms with van der Waals surface area (Å²) in [6, 6.07) is 5.29. The van der Waals surface area contributed by atoms with Crippen LogP contribution in [0.4, 0.5) is 5.95 Å². The molecule has 2 atom stereocenters. The Balaban J connectivity index is 1.43. The summed E-state index contributed by atoms with van der Waals surface area (Å²) in [5.74, 6) is 2.20. The Kier molecular flexibility index (Phi) is 2.87. The lowest BCUT2D eigenvalue weighted by molar-refractivity contribution is 0.0751. The summed E-state index contributed by atoms with van der Waals surface area (Å²) in [4.78, 5) is 25.0. The van der Waals surface area contributed by atoms with Crippen molar-refractivity contribution < 1.29 is 9.21 Å². The Hall–Kier alpha value is -2.37. The number of aromatic nitrogens is 2. The molecule has 0 radical (unpaired) electrons. The highest BCUT2D eigenvalue weighted by Crippen LogP contribution is 2.33. The Morgan fingerprint density at radius 3 is 2.43 bits per heavy atom. The molecule has 0 bridgehead atoms. The Morgan fingerprint density at radius 2 is 1.81 bits per heavy atom. The molecule has 2 aliphatic rings. The van der Waals surface area contributed by atoms with Gasteiger partial charge in [-0.2, -0.15) is 0 Å². The molecule has 2 saturated heterocycles. The highest BCUT2D eigenvalue weighted by molar-refractivity contribution is 5.91. The first kappa shape index (κ1) is 12.4. The number of rotatable bonds is 2. The van der Waals surface area contributed by atoms with Gasteiger partial charge in [0.25, 0.3) is 5.91 Å². The van der Waals surface area contributed by atoms with Crippen LogP contribution in [-0.4, -0.2) is 47.0 Å². The number of fused-ring (bicyclic) bond motifs is 1. The molecule has 0 aromatic carbocycles. The first-order valence-corrected chi connectivity index (χ1v) is 7.16. The molecule has 2 aromatic rings. The van der Waals surface area contributed by atoms with Crippen LogP contribution < -0.4 is 4.90 Å². The third kappa shape index (κ3) is 2.16. The first-order valence-electron chi connectivity index (χ1n) is 7.16. The van der Waals surface area contributed by atoms with E-state index in [-0.39, 0.29) is 5.91 Å². The summed E-state index contributed by atoms with van der Waals surface area (Å²) < 4.78 is 5.20. The second kappa shape index (κ2) is 4.87. The number of amides is 1. The van der Waals surface area contributed by atoms with Gasteiger partial charge in [0.05, 0.1) is 6.26 Å². The SMILES string of the molecule is O=C(c1ccco1)N1C[C@H]2CN(c3ncccn3)C[C@@H]2C1. The number of hydrogen-bond donors (Lipinski definition) is 0. The van der Waals surface area contributed by atoms with E-state index < -0.39 is 0 Å². The lowest BCUT2D eigenvalue weighted by Crippen LogP contribution is -2.33. The standard InChI is InChI=1S/C15H16N4O2/c20-14(13-3-1-6-21-13)18-7-11-9-19(10-12(11)8-18)15-16-4-2-5-17-15/h1-6,11-12H,7-10H2/t11-,12-/m0/s1. The third-order valence-electron chi connectivity index (χ3n) is 4.34. The van der Waals surface area contributed by atoms with Crippen LogP contribution in [0.15, 0.2) is 41.3 Å². The van der Waals surface area contributed by atoms with Gasteiger partial charge in [-0.1, -0.05) is 0 Å². The maximum absolute atomic E-state index is 12.3. The predicted octanol–water partition coefficient (Wildman–Crippen LogP) is 1.28. The Labute approximate surface area is 122 Å². The van der Waals surface area contributed by atoms with Gasteiger partial charge in [0.2, 0.25) is 5.95 Å². The van der Waals surface area contributed by atoms with Crippen molar-refractivity contribution in [2.75, 3.05) is 31.1 Å². The van der Waals surface area contributed by atoms with Crippen molar-refractivity contribution >= 4 is 11.9 Å². The van der Waals surface area contributed by atoms with Crippen LogP contribution in [0, 0.1) is 11.8 Å². The minimum absolute atomic E-state index is 0.00286. The maximum atomic E-state index is 12.3. The molecule has 4 heterocycles. The van der Waals surface area contributed by atoms with Gasteiger partial charge in [-0.25, -0.2) is 9.97 Å². The van der Waals surface area contributed by atoms with Crippen LogP contribution in [0.25, 0.3) is 0 Å². The summed E-state index contributed by atoms with van der Waals surface area (Å²) >= 11 is 0. The average molecular weight is 284 g/mol. The zero-order valence-corrected chi connectivity index (χ0v) is 11.6. The van der Waals surface area contributed by atoms with Crippen molar-refractivity contribution in [2.24, 2.45) is 11.8 Å². The maximum Gasteiger partial charge on any atom is 0.289 e. The molecule has 0 spiro atoms. The molecule has 6 nitrogen and oxygen atoms in total. The summed E-state index contributed by atoms with van der Waals surface area (Å²) in [5.41, 5.74) is 0. The molecule has 2 fully saturated rings. The van der Waals surface area contributed by atoms with Crippen molar-refractivity contribution in [3.8, 4) is 0 Å². The summed E-state index contributed by atoms with van der Waals surface area (Å²) in [6.45, 7) is 3.40. The van der Waals surface area contributed by atoms with Crippen LogP contribution in [0.5, 0.6) is 0 Å². The Bertz CT molecular complexity index is 614. The average Bonchev–Trinajstić information content (AvgIpc) is 3.23. The third-order valence-corrected chi connectivity index (χ3v) is 4.34. The topological polar surface area (TPSA) is 62.5 Å². The summed E-state index contributed by atoms with van der Waals surface area (Å²) in [5, 5.41) is 0. The smallest absolute Gasteiger partial charge is 0.289 e. The van der Waals surface area contributed by atoms with Gasteiger partial charge in [-0.05, 0) is 18.2 Å². The van der Waals surface area contributed by atoms with E-state index in [1.807, 2.05) is 11.0 Å². The van der Waals surface area contributed by atoms with Gasteiger partial charge in [-0.3, -0.25) is 4.79 Å². The molecular weight excluding hydrogens is 268 g/mol. The number of carbonyl (C=O) groups is 1. The summed E-state index contributed by atoms with van der Waals surface area (Å²) in [6.07, 6.45) is 5.07. The van der Waals surface area contributed by atoms with E-state index in [1.54, 1.807) is 30.8 Å². The van der Waals surface area contributed by atoms with Crippen LogP contribution in [0.1, 0.15) is 10.6 Å². The van der Waals surface area contributed by atoms with Crippen LogP contribution in [0.3, 0.4) is 0 Å². The van der Waals surface area contributed by atoms with E-state index in [2.05, 4.69) is 14.9 Å². The first-order chi connectivity index (χ1) is 10.3. The van der Waals surface area contributed by atoms with Gasteiger partial charge in [-0.15, -0.1) is 0 Å². The van der Waals surface area contributed by atoms with E-state index in [9.17, 15) is 4.79 Å². The monoisotopic (exact) mass is 284 g/mol. The van der Waals surface area contributed by atoms with Gasteiger partial charge in [0.1, 0.15) is 0 Å². The molecular formula is C15H16N4O2. The van der Waals surface area contributed by atoms with Crippen molar-refractivity contribution in [1.29, 1.82) is 0 Å². The molecule has 4 rings (SSSR count). The number of carbonyl (C=O) groups excluding carboxylic acids is 1. The van der Waals surface area contributed by atoms with Gasteiger partial charge in [0, 0.05) is 50.4 Å². The van der Waals surface area contributed by atoms with Crippen LogP contribution >= 0.6 is 0 Å². The fraction of sp³-hybridized carbons (Fsp3) is 0.400. The number of nitrogens with zero attached hydrogens (tertiary/aromatic N) is 4. The number of likely N-dealkylation sites (tertiary alicyclic amines) is 1. The lowest BCUT2D eigenvalue weighted by Gasteiger charge is -2.20. The molecule has 6 heteroatoms. The van der Waals surface area contributed by atoms with Gasteiger partial charge < -0.3 is 14.2 Å². The van der Waals surface area contributed by atoms with Crippen molar-refractivity contribution in [3.63, 3.8) is 0 Å². The molecule has 1 amide bonds. The fourth-order valence-corrected chi connectivity index (χ4v) is 3.33. The zero-order valence-electron chi connectivity index (χ0n) is 11.6. The molecule has 2 aliphatic heterocycles. The minimum Gasteiger partial charge on any atom is -0.459 e. The summed E-state index contributed by atoms with van der Waals surface area (Å²) in [7, 11) is 0. The highest BCUT2D eigenvalue weighted by Gasteiger charge is 2.42. The molecule has 21 heavy (non-hydrogen) atoms. The molecule has 0 saturated carbocycles. The normalized spacial score (nSPS) is 24.4. The zero-order chi connectivity index (χ0) is 14.2. The van der Waals surface area contributed by atoms with E-state index in [0.717, 1.165) is 32.1 Å². The van der Waals surface area contributed by atoms with Crippen molar-refractivity contribution in [2.45, 2.75) is 0 Å². The van der Waals surface area contributed by atoms with Crippen LogP contribution in [0.2, 0.25) is 0 Å². The second-order valence-corrected chi connectivity index (χ2v) is 5.66. The molecule has 2 aromatic heterocycles. The van der Waals surface area contributed by atoms with Crippen molar-refractivity contribution in [1.82, 2.24) is 14.9 Å². The van der Waals surface area contributed by atoms with Gasteiger partial charge in [0.15, 0.2) is 5.76 Å². The van der Waals surface area contributed by atoms with E-state index in [0.29, 0.717) is 17.6 Å². The van der Waals surface area contributed by atoms with E-state index in [4.69, 9.17) is 4.42 Å². The van der Waals surface area contributed by atoms with E-state index >= 15 is 0 Å². The van der Waals surface area contributed by atoms with Crippen molar-refractivity contribution in [3.05, 3.63) is 42.6 Å². The minimum atomic E-state index is -0.00286. The molecule has 0 N–H and O–H groups in total. The molecule has 0 aliphatic carbocycles. The second-order valence-electron chi connectivity index (χ2n) is 5.66. The Morgan fingerprint density at radius 1 is 1.10 bits per heavy atom. The highest BCUT2D eigenvalue weighted by atomic mass is 16.3. The van der Waals surface area contributed by atoms with Crippen LogP contribution in [-0.2, 0) is 0 Å². The fourth-order valence-electron chi connectivity index (χ4n) is 3.33. The number of hydrogen-bond acceptors (Lipinski definition) is 5. The molecule has 108 valence electrons. The number of furan rings is 1. The van der Waals surface area contributed by atoms with Gasteiger partial charge >= 0.3 is 0 Å². The predicted molar refractivity (Wildman–Crippen MR) is 75.8 cm³/mol. The molecule has 0 unspecified atom stereocenters. The lowest BCUT2D eigenvalue weighted by atomic mass is 10.0. The number of anilines is 1.